The van der Waals surface area contributed by atoms with Gasteiger partial charge in [-0.3, -0.25) is 9.59 Å². The predicted molar refractivity (Wildman–Crippen MR) is 112 cm³/mol. The third kappa shape index (κ3) is 16.8. The number of carboxylic acids is 1. The molecule has 0 unspecified atom stereocenters. The van der Waals surface area contributed by atoms with E-state index in [-0.39, 0.29) is 25.4 Å². The van der Waals surface area contributed by atoms with Crippen LogP contribution in [0.3, 0.4) is 0 Å². The van der Waals surface area contributed by atoms with Gasteiger partial charge in [-0.2, -0.15) is 0 Å². The van der Waals surface area contributed by atoms with Crippen LogP contribution in [0.4, 0.5) is 4.79 Å². The number of rotatable bonds is 18. The van der Waals surface area contributed by atoms with E-state index in [4.69, 9.17) is 24.1 Å². The standard InChI is InChI=1S/C21H32N2O8/c24-19(7-8-20(25)26)22-9-4-11-28-13-15-30-16-14-29-12-10-23-21(27)31-17-18-5-2-1-3-6-18/h1-3,5-6H,4,7-17H2,(H,22,24)(H,23,27)(H,25,26). The van der Waals surface area contributed by atoms with Crippen molar-refractivity contribution in [2.75, 3.05) is 52.7 Å². The van der Waals surface area contributed by atoms with Crippen LogP contribution in [0.5, 0.6) is 0 Å². The first-order chi connectivity index (χ1) is 15.1. The molecular weight excluding hydrogens is 408 g/mol. The summed E-state index contributed by atoms with van der Waals surface area (Å²) in [6.45, 7) is 3.55. The van der Waals surface area contributed by atoms with Gasteiger partial charge in [0.1, 0.15) is 6.61 Å². The third-order valence-corrected chi connectivity index (χ3v) is 3.83. The highest BCUT2D eigenvalue weighted by Crippen LogP contribution is 2.00. The van der Waals surface area contributed by atoms with E-state index < -0.39 is 12.1 Å². The van der Waals surface area contributed by atoms with E-state index in [1.165, 1.54) is 0 Å². The zero-order valence-electron chi connectivity index (χ0n) is 17.7. The lowest BCUT2D eigenvalue weighted by Crippen LogP contribution is -2.28. The average Bonchev–Trinajstić information content (AvgIpc) is 2.77. The highest BCUT2D eigenvalue weighted by molar-refractivity contribution is 5.80. The second-order valence-corrected chi connectivity index (χ2v) is 6.42. The average molecular weight is 440 g/mol. The number of ether oxygens (including phenoxy) is 4. The van der Waals surface area contributed by atoms with Gasteiger partial charge >= 0.3 is 12.1 Å². The zero-order chi connectivity index (χ0) is 22.6. The van der Waals surface area contributed by atoms with Crippen LogP contribution in [-0.4, -0.2) is 75.8 Å². The number of carboxylic acid groups (broad SMARTS) is 1. The predicted octanol–water partition coefficient (Wildman–Crippen LogP) is 1.33. The van der Waals surface area contributed by atoms with Gasteiger partial charge in [-0.05, 0) is 12.0 Å². The van der Waals surface area contributed by atoms with E-state index in [0.29, 0.717) is 59.2 Å². The van der Waals surface area contributed by atoms with Gasteiger partial charge in [-0.1, -0.05) is 30.3 Å². The maximum absolute atomic E-state index is 11.5. The van der Waals surface area contributed by atoms with Gasteiger partial charge in [-0.25, -0.2) is 4.79 Å². The summed E-state index contributed by atoms with van der Waals surface area (Å²) in [5.41, 5.74) is 0.926. The molecule has 0 saturated carbocycles. The Hall–Kier alpha value is -2.69. The van der Waals surface area contributed by atoms with Crippen LogP contribution < -0.4 is 10.6 Å². The summed E-state index contributed by atoms with van der Waals surface area (Å²) >= 11 is 0. The van der Waals surface area contributed by atoms with E-state index in [2.05, 4.69) is 10.6 Å². The summed E-state index contributed by atoms with van der Waals surface area (Å²) < 4.78 is 21.2. The molecule has 0 heterocycles. The highest BCUT2D eigenvalue weighted by atomic mass is 16.6. The van der Waals surface area contributed by atoms with Gasteiger partial charge in [0.25, 0.3) is 0 Å². The Morgan fingerprint density at radius 3 is 2.10 bits per heavy atom. The van der Waals surface area contributed by atoms with Gasteiger partial charge in [-0.15, -0.1) is 0 Å². The van der Waals surface area contributed by atoms with Gasteiger partial charge < -0.3 is 34.7 Å². The summed E-state index contributed by atoms with van der Waals surface area (Å²) in [6.07, 6.45) is -0.0228. The van der Waals surface area contributed by atoms with Crippen LogP contribution in [0, 0.1) is 0 Å². The summed E-state index contributed by atoms with van der Waals surface area (Å²) in [6, 6.07) is 9.43. The molecule has 174 valence electrons. The molecule has 2 amide bonds. The lowest BCUT2D eigenvalue weighted by Gasteiger charge is -2.09. The Labute approximate surface area is 182 Å². The first-order valence-electron chi connectivity index (χ1n) is 10.2. The van der Waals surface area contributed by atoms with E-state index in [1.54, 1.807) is 0 Å². The fourth-order valence-electron chi connectivity index (χ4n) is 2.25. The van der Waals surface area contributed by atoms with Crippen molar-refractivity contribution < 1.29 is 38.4 Å². The number of hydrogen-bond acceptors (Lipinski definition) is 7. The molecule has 0 saturated heterocycles. The number of nitrogens with one attached hydrogen (secondary N) is 2. The zero-order valence-corrected chi connectivity index (χ0v) is 17.7. The summed E-state index contributed by atoms with van der Waals surface area (Å²) in [7, 11) is 0. The Bertz CT molecular complexity index is 627. The molecule has 31 heavy (non-hydrogen) atoms. The van der Waals surface area contributed by atoms with Crippen molar-refractivity contribution in [2.45, 2.75) is 25.9 Å². The fraction of sp³-hybridized carbons (Fsp3) is 0.571. The van der Waals surface area contributed by atoms with Crippen LogP contribution in [-0.2, 0) is 35.1 Å². The molecule has 10 nitrogen and oxygen atoms in total. The van der Waals surface area contributed by atoms with Gasteiger partial charge in [0, 0.05) is 26.1 Å². The monoisotopic (exact) mass is 440 g/mol. The molecule has 1 rings (SSSR count). The van der Waals surface area contributed by atoms with Crippen LogP contribution in [0.15, 0.2) is 30.3 Å². The lowest BCUT2D eigenvalue weighted by atomic mass is 10.2. The van der Waals surface area contributed by atoms with Crippen LogP contribution >= 0.6 is 0 Å². The van der Waals surface area contributed by atoms with E-state index in [1.807, 2.05) is 30.3 Å². The van der Waals surface area contributed by atoms with Gasteiger partial charge in [0.05, 0.1) is 39.5 Å². The van der Waals surface area contributed by atoms with Gasteiger partial charge in [0.15, 0.2) is 0 Å². The molecule has 0 radical (unpaired) electrons. The van der Waals surface area contributed by atoms with Gasteiger partial charge in [0.2, 0.25) is 5.91 Å². The molecule has 0 spiro atoms. The Kier molecular flexibility index (Phi) is 15.4. The molecule has 0 aromatic heterocycles. The lowest BCUT2D eigenvalue weighted by molar-refractivity contribution is -0.138. The van der Waals surface area contributed by atoms with Crippen molar-refractivity contribution in [3.8, 4) is 0 Å². The van der Waals surface area contributed by atoms with Crippen molar-refractivity contribution >= 4 is 18.0 Å². The largest absolute Gasteiger partial charge is 0.481 e. The number of alkyl carbamates (subject to hydrolysis) is 1. The molecule has 0 fully saturated rings. The highest BCUT2D eigenvalue weighted by Gasteiger charge is 2.04. The third-order valence-electron chi connectivity index (χ3n) is 3.83. The van der Waals surface area contributed by atoms with Crippen molar-refractivity contribution in [3.05, 3.63) is 35.9 Å². The SMILES string of the molecule is O=C(O)CCC(=O)NCCCOCCOCCOCCNC(=O)OCc1ccccc1. The molecule has 0 bridgehead atoms. The maximum Gasteiger partial charge on any atom is 0.407 e. The number of benzene rings is 1. The first-order valence-corrected chi connectivity index (χ1v) is 10.2. The van der Waals surface area contributed by atoms with Crippen molar-refractivity contribution in [1.82, 2.24) is 10.6 Å². The fourth-order valence-corrected chi connectivity index (χ4v) is 2.25. The first kappa shape index (κ1) is 26.3. The topological polar surface area (TPSA) is 132 Å². The molecule has 1 aromatic carbocycles. The molecule has 0 aliphatic rings. The Balaban J connectivity index is 1.78. The minimum atomic E-state index is -0.986. The molecule has 10 heteroatoms. The molecule has 0 atom stereocenters. The second-order valence-electron chi connectivity index (χ2n) is 6.42. The number of carbonyl (C=O) groups is 3. The van der Waals surface area contributed by atoms with Crippen LogP contribution in [0.1, 0.15) is 24.8 Å². The molecule has 1 aromatic rings. The maximum atomic E-state index is 11.5. The number of carbonyl (C=O) groups excluding carboxylic acids is 2. The Morgan fingerprint density at radius 2 is 1.42 bits per heavy atom. The van der Waals surface area contributed by atoms with E-state index in [9.17, 15) is 14.4 Å². The van der Waals surface area contributed by atoms with E-state index >= 15 is 0 Å². The summed E-state index contributed by atoms with van der Waals surface area (Å²) in [4.78, 5) is 33.2. The molecule has 3 N–H and O–H groups in total. The van der Waals surface area contributed by atoms with Crippen LogP contribution in [0.25, 0.3) is 0 Å². The quantitative estimate of drug-likeness (QED) is 0.291. The number of hydrogen-bond donors (Lipinski definition) is 3. The molecule has 0 aliphatic carbocycles. The van der Waals surface area contributed by atoms with Crippen molar-refractivity contribution in [3.63, 3.8) is 0 Å². The normalized spacial score (nSPS) is 10.5. The van der Waals surface area contributed by atoms with Crippen molar-refractivity contribution in [1.29, 1.82) is 0 Å². The minimum Gasteiger partial charge on any atom is -0.481 e. The summed E-state index contributed by atoms with van der Waals surface area (Å²) in [5, 5.41) is 13.7. The van der Waals surface area contributed by atoms with E-state index in [0.717, 1.165) is 5.56 Å². The van der Waals surface area contributed by atoms with Crippen molar-refractivity contribution in [2.24, 2.45) is 0 Å². The number of aliphatic carboxylic acids is 1. The number of amides is 2. The smallest absolute Gasteiger partial charge is 0.407 e. The Morgan fingerprint density at radius 1 is 0.774 bits per heavy atom. The summed E-state index contributed by atoms with van der Waals surface area (Å²) in [5.74, 6) is -1.26. The van der Waals surface area contributed by atoms with Crippen LogP contribution in [0.2, 0.25) is 0 Å². The molecular formula is C21H32N2O8. The minimum absolute atomic E-state index is 0.0134. The molecule has 0 aliphatic heterocycles. The second kappa shape index (κ2) is 18.1.